The van der Waals surface area contributed by atoms with Crippen molar-refractivity contribution >= 4 is 50.5 Å². The standard InChI is InChI=1S/C5H10N2O2.C4H9NS2.2Na.H2O4S/c6-4(8)2-1-3-5(7)9;1-2-3-7-4(5)6;;;1-5(2,3)4/h1-3H2,(H2,6,8)(H2,7,9);2-3H2,1H3,(H2,5,6);;;(H2,1,2,3,4)/q;;2*+1;/p-2. The second-order valence-electron chi connectivity index (χ2n) is 3.36. The molecular weight excluding hydrogens is 388 g/mol. The first-order chi connectivity index (χ1) is 9.40. The van der Waals surface area contributed by atoms with Gasteiger partial charge in [-0.05, 0) is 18.6 Å². The SMILES string of the molecule is CCCSC(N)=S.NC(=O)CCCC(N)=O.O=S(=O)([O-])[O-].[Na+].[Na+]. The fraction of sp³-hybridized carbons (Fsp3) is 0.667. The van der Waals surface area contributed by atoms with E-state index in [2.05, 4.69) is 19.1 Å². The smallest absolute Gasteiger partial charge is 0.759 e. The van der Waals surface area contributed by atoms with Crippen molar-refractivity contribution in [1.82, 2.24) is 0 Å². The molecule has 0 bridgehead atoms. The minimum Gasteiger partial charge on any atom is -0.759 e. The summed E-state index contributed by atoms with van der Waals surface area (Å²) in [5.74, 6) is 0.266. The average molecular weight is 407 g/mol. The van der Waals surface area contributed by atoms with Gasteiger partial charge in [-0.3, -0.25) is 18.0 Å². The number of carbonyl (C=O) groups excluding carboxylic acids is 2. The molecule has 0 saturated heterocycles. The number of thiocarbonyl (C=S) groups is 1. The molecule has 0 heterocycles. The fourth-order valence-electron chi connectivity index (χ4n) is 0.640. The predicted octanol–water partition coefficient (Wildman–Crippen LogP) is -6.83. The summed E-state index contributed by atoms with van der Waals surface area (Å²) in [5.41, 5.74) is 14.7. The molecule has 2 amide bonds. The molecule has 6 N–H and O–H groups in total. The largest absolute Gasteiger partial charge is 1.00 e. The normalized spacial score (nSPS) is 8.65. The maximum Gasteiger partial charge on any atom is 1.00 e. The summed E-state index contributed by atoms with van der Waals surface area (Å²) in [6.07, 6.45) is 2.08. The number of hydrogen-bond donors (Lipinski definition) is 3. The molecule has 126 valence electrons. The first kappa shape index (κ1) is 35.2. The van der Waals surface area contributed by atoms with Crippen molar-refractivity contribution in [1.29, 1.82) is 0 Å². The van der Waals surface area contributed by atoms with Gasteiger partial charge in [-0.1, -0.05) is 30.9 Å². The van der Waals surface area contributed by atoms with Gasteiger partial charge < -0.3 is 26.3 Å². The third kappa shape index (κ3) is 83.6. The second-order valence-corrected chi connectivity index (χ2v) is 6.01. The van der Waals surface area contributed by atoms with Crippen LogP contribution in [0.15, 0.2) is 0 Å². The van der Waals surface area contributed by atoms with Crippen LogP contribution in [0.25, 0.3) is 0 Å². The Morgan fingerprint density at radius 2 is 1.35 bits per heavy atom. The molecule has 14 heteroatoms. The molecule has 0 aliphatic heterocycles. The van der Waals surface area contributed by atoms with Gasteiger partial charge in [0.25, 0.3) is 0 Å². The molecule has 0 aromatic heterocycles. The molecule has 0 radical (unpaired) electrons. The van der Waals surface area contributed by atoms with Crippen LogP contribution < -0.4 is 76.3 Å². The fourth-order valence-corrected chi connectivity index (χ4v) is 1.29. The van der Waals surface area contributed by atoms with Crippen LogP contribution in [-0.4, -0.2) is 39.4 Å². The molecule has 0 atom stereocenters. The Morgan fingerprint density at radius 1 is 1.04 bits per heavy atom. The Labute approximate surface area is 190 Å². The van der Waals surface area contributed by atoms with E-state index < -0.39 is 22.2 Å². The van der Waals surface area contributed by atoms with Crippen molar-refractivity contribution in [2.45, 2.75) is 32.6 Å². The zero-order valence-electron chi connectivity index (χ0n) is 13.4. The van der Waals surface area contributed by atoms with E-state index in [4.69, 9.17) is 34.7 Å². The molecule has 0 fully saturated rings. The molecule has 0 spiro atoms. The zero-order chi connectivity index (χ0) is 17.5. The van der Waals surface area contributed by atoms with Gasteiger partial charge in [0.2, 0.25) is 11.8 Å². The first-order valence-corrected chi connectivity index (χ1v) is 8.28. The van der Waals surface area contributed by atoms with Gasteiger partial charge in [0.1, 0.15) is 4.32 Å². The Balaban J connectivity index is -0.0000000701. The average Bonchev–Trinajstić information content (AvgIpc) is 2.23. The van der Waals surface area contributed by atoms with Crippen LogP contribution in [0.2, 0.25) is 0 Å². The van der Waals surface area contributed by atoms with Crippen LogP contribution in [-0.2, 0) is 20.0 Å². The quantitative estimate of drug-likeness (QED) is 0.166. The Bertz CT molecular complexity index is 401. The van der Waals surface area contributed by atoms with Crippen LogP contribution in [0.1, 0.15) is 32.6 Å². The summed E-state index contributed by atoms with van der Waals surface area (Å²) in [7, 11) is -5.17. The van der Waals surface area contributed by atoms with Gasteiger partial charge >= 0.3 is 59.1 Å². The third-order valence-corrected chi connectivity index (χ3v) is 2.55. The number of rotatable bonds is 6. The molecule has 0 aliphatic rings. The summed E-state index contributed by atoms with van der Waals surface area (Å²) in [6.45, 7) is 2.10. The molecule has 0 rings (SSSR count). The number of primary amides is 2. The molecular formula is C9H19N3Na2O6S3. The Morgan fingerprint density at radius 3 is 1.48 bits per heavy atom. The summed E-state index contributed by atoms with van der Waals surface area (Å²) in [4.78, 5) is 20.1. The molecule has 0 aromatic carbocycles. The molecule has 0 aromatic rings. The number of thioether (sulfide) groups is 1. The maximum atomic E-state index is 10.1. The maximum absolute atomic E-state index is 10.1. The van der Waals surface area contributed by atoms with E-state index in [1.807, 2.05) is 0 Å². The Hall–Kier alpha value is 1.05. The predicted molar refractivity (Wildman–Crippen MR) is 82.2 cm³/mol. The Kier molecular flexibility index (Phi) is 35.3. The van der Waals surface area contributed by atoms with E-state index in [9.17, 15) is 9.59 Å². The van der Waals surface area contributed by atoms with E-state index in [1.54, 1.807) is 11.8 Å². The molecule has 0 saturated carbocycles. The molecule has 9 nitrogen and oxygen atoms in total. The monoisotopic (exact) mass is 407 g/mol. The van der Waals surface area contributed by atoms with E-state index in [1.165, 1.54) is 0 Å². The van der Waals surface area contributed by atoms with Crippen LogP contribution >= 0.6 is 24.0 Å². The number of hydrogen-bond acceptors (Lipinski definition) is 8. The number of nitrogens with two attached hydrogens (primary N) is 3. The van der Waals surface area contributed by atoms with Crippen LogP contribution in [0.4, 0.5) is 0 Å². The molecule has 0 unspecified atom stereocenters. The second kappa shape index (κ2) is 23.1. The summed E-state index contributed by atoms with van der Waals surface area (Å²) in [5, 5.41) is 0. The molecule has 0 aliphatic carbocycles. The van der Waals surface area contributed by atoms with Crippen molar-refractivity contribution in [3.05, 3.63) is 0 Å². The first-order valence-electron chi connectivity index (χ1n) is 5.55. The molecule has 23 heavy (non-hydrogen) atoms. The van der Waals surface area contributed by atoms with Gasteiger partial charge in [-0.2, -0.15) is 0 Å². The van der Waals surface area contributed by atoms with Gasteiger partial charge in [-0.25, -0.2) is 0 Å². The van der Waals surface area contributed by atoms with E-state index in [-0.39, 0.29) is 72.0 Å². The summed E-state index contributed by atoms with van der Waals surface area (Å²) >= 11 is 6.14. The van der Waals surface area contributed by atoms with Crippen molar-refractivity contribution < 1.29 is 86.2 Å². The van der Waals surface area contributed by atoms with E-state index >= 15 is 0 Å². The van der Waals surface area contributed by atoms with Gasteiger partial charge in [-0.15, -0.1) is 0 Å². The zero-order valence-corrected chi connectivity index (χ0v) is 19.9. The minimum atomic E-state index is -5.17. The van der Waals surface area contributed by atoms with Crippen molar-refractivity contribution in [2.24, 2.45) is 17.2 Å². The number of amides is 2. The third-order valence-electron chi connectivity index (χ3n) is 1.29. The van der Waals surface area contributed by atoms with E-state index in [0.717, 1.165) is 12.2 Å². The number of carbonyl (C=O) groups is 2. The topological polar surface area (TPSA) is 192 Å². The summed E-state index contributed by atoms with van der Waals surface area (Å²) in [6, 6.07) is 0. The minimum absolute atomic E-state index is 0. The van der Waals surface area contributed by atoms with Crippen molar-refractivity contribution in [3.63, 3.8) is 0 Å². The summed E-state index contributed by atoms with van der Waals surface area (Å²) < 4.78 is 34.6. The van der Waals surface area contributed by atoms with Gasteiger partial charge in [0.05, 0.1) is 0 Å². The van der Waals surface area contributed by atoms with Crippen molar-refractivity contribution in [3.8, 4) is 0 Å². The van der Waals surface area contributed by atoms with Crippen molar-refractivity contribution in [2.75, 3.05) is 5.75 Å². The van der Waals surface area contributed by atoms with Crippen LogP contribution in [0, 0.1) is 0 Å². The van der Waals surface area contributed by atoms with Gasteiger partial charge in [0, 0.05) is 23.2 Å². The van der Waals surface area contributed by atoms with E-state index in [0.29, 0.717) is 10.7 Å². The van der Waals surface area contributed by atoms with Crippen LogP contribution in [0.5, 0.6) is 0 Å². The van der Waals surface area contributed by atoms with Gasteiger partial charge in [0.15, 0.2) is 0 Å². The van der Waals surface area contributed by atoms with Crippen LogP contribution in [0.3, 0.4) is 0 Å².